The van der Waals surface area contributed by atoms with Crippen LogP contribution in [0.4, 0.5) is 5.69 Å². The maximum atomic E-state index is 14.0. The van der Waals surface area contributed by atoms with Crippen molar-refractivity contribution in [1.29, 1.82) is 0 Å². The van der Waals surface area contributed by atoms with Crippen LogP contribution >= 0.6 is 0 Å². The van der Waals surface area contributed by atoms with Crippen LogP contribution < -0.4 is 9.62 Å². The summed E-state index contributed by atoms with van der Waals surface area (Å²) in [5.41, 5.74) is 4.17. The lowest BCUT2D eigenvalue weighted by Gasteiger charge is -2.33. The topological polar surface area (TPSA) is 86.8 Å². The first-order valence-corrected chi connectivity index (χ1v) is 15.0. The number of carbonyl (C=O) groups excluding carboxylic acids is 2. The van der Waals surface area contributed by atoms with Crippen molar-refractivity contribution >= 4 is 27.5 Å². The SMILES string of the molecule is Cc1ccc(N(CC(=O)N(Cc2cccc(C)c2)[C@@H](Cc2ccccc2)C(=O)NCC(C)C)S(C)(=O)=O)cc1. The Morgan fingerprint density at radius 3 is 2.08 bits per heavy atom. The Morgan fingerprint density at radius 1 is 0.846 bits per heavy atom. The lowest BCUT2D eigenvalue weighted by atomic mass is 10.0. The molecule has 0 bridgehead atoms. The number of amides is 2. The number of benzene rings is 3. The Bertz CT molecular complexity index is 1360. The minimum atomic E-state index is -3.78. The molecule has 7 nitrogen and oxygen atoms in total. The van der Waals surface area contributed by atoms with Crippen molar-refractivity contribution in [3.8, 4) is 0 Å². The molecule has 3 aromatic rings. The van der Waals surface area contributed by atoms with Crippen LogP contribution in [-0.2, 0) is 32.6 Å². The molecular formula is C31H39N3O4S. The molecule has 1 atom stereocenters. The van der Waals surface area contributed by atoms with Crippen molar-refractivity contribution in [1.82, 2.24) is 10.2 Å². The molecule has 0 unspecified atom stereocenters. The predicted octanol–water partition coefficient (Wildman–Crippen LogP) is 4.48. The van der Waals surface area contributed by atoms with Gasteiger partial charge in [0.05, 0.1) is 11.9 Å². The largest absolute Gasteiger partial charge is 0.354 e. The van der Waals surface area contributed by atoms with Crippen LogP contribution in [0.2, 0.25) is 0 Å². The van der Waals surface area contributed by atoms with Crippen LogP contribution in [-0.4, -0.2) is 50.5 Å². The molecule has 0 aromatic heterocycles. The fourth-order valence-electron chi connectivity index (χ4n) is 4.31. The van der Waals surface area contributed by atoms with Gasteiger partial charge in [0.25, 0.3) is 0 Å². The third-order valence-electron chi connectivity index (χ3n) is 6.39. The fraction of sp³-hybridized carbons (Fsp3) is 0.355. The van der Waals surface area contributed by atoms with Crippen molar-refractivity contribution in [3.05, 3.63) is 101 Å². The molecule has 0 saturated carbocycles. The number of hydrogen-bond donors (Lipinski definition) is 1. The third-order valence-corrected chi connectivity index (χ3v) is 7.53. The van der Waals surface area contributed by atoms with Gasteiger partial charge in [-0.25, -0.2) is 8.42 Å². The van der Waals surface area contributed by atoms with Crippen LogP contribution in [0.25, 0.3) is 0 Å². The lowest BCUT2D eigenvalue weighted by molar-refractivity contribution is -0.140. The fourth-order valence-corrected chi connectivity index (χ4v) is 5.16. The summed E-state index contributed by atoms with van der Waals surface area (Å²) >= 11 is 0. The third kappa shape index (κ3) is 8.96. The first-order chi connectivity index (χ1) is 18.4. The van der Waals surface area contributed by atoms with Gasteiger partial charge in [-0.1, -0.05) is 91.7 Å². The Labute approximate surface area is 232 Å². The first-order valence-electron chi connectivity index (χ1n) is 13.1. The average Bonchev–Trinajstić information content (AvgIpc) is 2.88. The van der Waals surface area contributed by atoms with E-state index in [0.717, 1.165) is 32.8 Å². The summed E-state index contributed by atoms with van der Waals surface area (Å²) < 4.78 is 26.8. The van der Waals surface area contributed by atoms with E-state index in [1.165, 1.54) is 4.90 Å². The zero-order chi connectivity index (χ0) is 28.6. The molecule has 3 aromatic carbocycles. The van der Waals surface area contributed by atoms with Crippen LogP contribution in [0.3, 0.4) is 0 Å². The first kappa shape index (κ1) is 29.9. The summed E-state index contributed by atoms with van der Waals surface area (Å²) in [7, 11) is -3.78. The van der Waals surface area contributed by atoms with Crippen molar-refractivity contribution in [2.24, 2.45) is 5.92 Å². The summed E-state index contributed by atoms with van der Waals surface area (Å²) in [5, 5.41) is 2.99. The van der Waals surface area contributed by atoms with Gasteiger partial charge in [0, 0.05) is 19.5 Å². The quantitative estimate of drug-likeness (QED) is 0.361. The highest BCUT2D eigenvalue weighted by Gasteiger charge is 2.33. The van der Waals surface area contributed by atoms with Crippen LogP contribution in [0.5, 0.6) is 0 Å². The number of sulfonamides is 1. The Kier molecular flexibility index (Phi) is 10.3. The molecule has 3 rings (SSSR count). The van der Waals surface area contributed by atoms with Gasteiger partial charge in [-0.05, 0) is 43.0 Å². The Hall–Kier alpha value is -3.65. The average molecular weight is 550 g/mol. The summed E-state index contributed by atoms with van der Waals surface area (Å²) in [6.45, 7) is 8.11. The second kappa shape index (κ2) is 13.4. The lowest BCUT2D eigenvalue weighted by Crippen LogP contribution is -2.53. The minimum Gasteiger partial charge on any atom is -0.354 e. The van der Waals surface area contributed by atoms with Gasteiger partial charge in [0.1, 0.15) is 12.6 Å². The van der Waals surface area contributed by atoms with Gasteiger partial charge in [-0.3, -0.25) is 13.9 Å². The summed E-state index contributed by atoms with van der Waals surface area (Å²) in [6, 6.07) is 23.5. The van der Waals surface area contributed by atoms with Gasteiger partial charge in [-0.15, -0.1) is 0 Å². The van der Waals surface area contributed by atoms with E-state index >= 15 is 0 Å². The zero-order valence-electron chi connectivity index (χ0n) is 23.4. The molecule has 0 fully saturated rings. The van der Waals surface area contributed by atoms with E-state index in [1.807, 2.05) is 82.3 Å². The molecule has 0 spiro atoms. The number of nitrogens with zero attached hydrogens (tertiary/aromatic N) is 2. The molecule has 0 aliphatic carbocycles. The smallest absolute Gasteiger partial charge is 0.244 e. The molecule has 0 saturated heterocycles. The highest BCUT2D eigenvalue weighted by molar-refractivity contribution is 7.92. The van der Waals surface area contributed by atoms with Crippen molar-refractivity contribution < 1.29 is 18.0 Å². The molecule has 0 heterocycles. The molecule has 208 valence electrons. The predicted molar refractivity (Wildman–Crippen MR) is 157 cm³/mol. The van der Waals surface area contributed by atoms with E-state index in [0.29, 0.717) is 18.7 Å². The molecular weight excluding hydrogens is 510 g/mol. The van der Waals surface area contributed by atoms with E-state index in [2.05, 4.69) is 5.32 Å². The highest BCUT2D eigenvalue weighted by Crippen LogP contribution is 2.21. The van der Waals surface area contributed by atoms with E-state index < -0.39 is 28.5 Å². The molecule has 1 N–H and O–H groups in total. The van der Waals surface area contributed by atoms with E-state index in [-0.39, 0.29) is 18.4 Å². The number of nitrogens with one attached hydrogen (secondary N) is 1. The second-order valence-electron chi connectivity index (χ2n) is 10.5. The number of hydrogen-bond acceptors (Lipinski definition) is 4. The van der Waals surface area contributed by atoms with Crippen LogP contribution in [0.15, 0.2) is 78.9 Å². The zero-order valence-corrected chi connectivity index (χ0v) is 24.2. The number of rotatable bonds is 12. The second-order valence-corrected chi connectivity index (χ2v) is 12.4. The van der Waals surface area contributed by atoms with Gasteiger partial charge < -0.3 is 10.2 Å². The van der Waals surface area contributed by atoms with Gasteiger partial charge in [-0.2, -0.15) is 0 Å². The Balaban J connectivity index is 2.04. The van der Waals surface area contributed by atoms with Crippen LogP contribution in [0.1, 0.15) is 36.1 Å². The highest BCUT2D eigenvalue weighted by atomic mass is 32.2. The summed E-state index contributed by atoms with van der Waals surface area (Å²) in [4.78, 5) is 29.2. The molecule has 8 heteroatoms. The molecule has 39 heavy (non-hydrogen) atoms. The van der Waals surface area contributed by atoms with E-state index in [4.69, 9.17) is 0 Å². The molecule has 2 amide bonds. The maximum absolute atomic E-state index is 14.0. The Morgan fingerprint density at radius 2 is 1.49 bits per heavy atom. The minimum absolute atomic E-state index is 0.165. The number of carbonyl (C=O) groups is 2. The number of aryl methyl sites for hydroxylation is 2. The maximum Gasteiger partial charge on any atom is 0.244 e. The standard InChI is InChI=1S/C31H39N3O4S/c1-23(2)20-32-31(36)29(19-26-11-7-6-8-12-26)33(21-27-13-9-10-25(4)18-27)30(35)22-34(39(5,37)38)28-16-14-24(3)15-17-28/h6-18,23,29H,19-22H2,1-5H3,(H,32,36)/t29-/m0/s1. The van der Waals surface area contributed by atoms with Crippen molar-refractivity contribution in [2.75, 3.05) is 23.7 Å². The molecule has 0 aliphatic heterocycles. The molecule has 0 radical (unpaired) electrons. The number of anilines is 1. The van der Waals surface area contributed by atoms with Gasteiger partial charge in [0.15, 0.2) is 0 Å². The normalized spacial score (nSPS) is 12.2. The van der Waals surface area contributed by atoms with Gasteiger partial charge >= 0.3 is 0 Å². The van der Waals surface area contributed by atoms with E-state index in [1.54, 1.807) is 24.3 Å². The summed E-state index contributed by atoms with van der Waals surface area (Å²) in [6.07, 6.45) is 1.38. The molecule has 0 aliphatic rings. The van der Waals surface area contributed by atoms with Gasteiger partial charge in [0.2, 0.25) is 21.8 Å². The van der Waals surface area contributed by atoms with Crippen LogP contribution in [0, 0.1) is 19.8 Å². The van der Waals surface area contributed by atoms with E-state index in [9.17, 15) is 18.0 Å². The van der Waals surface area contributed by atoms with Crippen molar-refractivity contribution in [3.63, 3.8) is 0 Å². The summed E-state index contributed by atoms with van der Waals surface area (Å²) in [5.74, 6) is -0.493. The monoisotopic (exact) mass is 549 g/mol. The van der Waals surface area contributed by atoms with Crippen molar-refractivity contribution in [2.45, 2.75) is 46.7 Å².